The molecule has 0 atom stereocenters. The molecule has 0 amide bonds. The molecule has 1 nitrogen and oxygen atoms in total. The van der Waals surface area contributed by atoms with Crippen LogP contribution in [-0.2, 0) is 0 Å². The van der Waals surface area contributed by atoms with Crippen molar-refractivity contribution in [3.05, 3.63) is 65.7 Å². The van der Waals surface area contributed by atoms with E-state index in [-0.39, 0.29) is 0 Å². The summed E-state index contributed by atoms with van der Waals surface area (Å²) in [7, 11) is 0. The van der Waals surface area contributed by atoms with Crippen LogP contribution < -0.4 is 0 Å². The van der Waals surface area contributed by atoms with Crippen molar-refractivity contribution in [2.45, 2.75) is 44.9 Å². The van der Waals surface area contributed by atoms with Gasteiger partial charge in [-0.15, -0.1) is 0 Å². The maximum atomic E-state index is 4.94. The van der Waals surface area contributed by atoms with Crippen molar-refractivity contribution in [1.29, 1.82) is 0 Å². The molecule has 0 saturated heterocycles. The van der Waals surface area contributed by atoms with Crippen LogP contribution in [0.25, 0.3) is 22.2 Å². The van der Waals surface area contributed by atoms with E-state index in [4.69, 9.17) is 4.98 Å². The van der Waals surface area contributed by atoms with Crippen molar-refractivity contribution in [2.24, 2.45) is 0 Å². The highest BCUT2D eigenvalue weighted by molar-refractivity contribution is 5.86. The molecule has 2 aromatic carbocycles. The Morgan fingerprint density at radius 3 is 2.43 bits per heavy atom. The standard InChI is InChI=1S/C22H23N/c1-16-12-13-21-20(14-16)19(17-8-4-2-5-9-17)15-22(23-21)18-10-6-3-7-11-18/h3,6-7,10-15,17H,2,4-5,8-9H2,1H3. The lowest BCUT2D eigenvalue weighted by molar-refractivity contribution is 0.445. The Balaban J connectivity index is 1.91. The molecule has 1 aliphatic carbocycles. The molecule has 3 aromatic rings. The van der Waals surface area contributed by atoms with Gasteiger partial charge >= 0.3 is 0 Å². The first-order valence-corrected chi connectivity index (χ1v) is 8.78. The molecule has 0 bridgehead atoms. The second-order valence-electron chi connectivity index (χ2n) is 6.82. The van der Waals surface area contributed by atoms with Crippen molar-refractivity contribution in [1.82, 2.24) is 4.98 Å². The van der Waals surface area contributed by atoms with Crippen molar-refractivity contribution in [3.63, 3.8) is 0 Å². The van der Waals surface area contributed by atoms with E-state index in [2.05, 4.69) is 61.5 Å². The SMILES string of the molecule is Cc1ccc2nc(-c3ccccc3)cc(C3CCCCC3)c2c1. The first-order valence-electron chi connectivity index (χ1n) is 8.78. The molecule has 1 saturated carbocycles. The van der Waals surface area contributed by atoms with Gasteiger partial charge in [0.2, 0.25) is 0 Å². The molecule has 1 heterocycles. The van der Waals surface area contributed by atoms with Crippen LogP contribution in [-0.4, -0.2) is 4.98 Å². The van der Waals surface area contributed by atoms with Gasteiger partial charge in [0.25, 0.3) is 0 Å². The van der Waals surface area contributed by atoms with Gasteiger partial charge in [-0.1, -0.05) is 61.2 Å². The summed E-state index contributed by atoms with van der Waals surface area (Å²) in [6.07, 6.45) is 6.76. The lowest BCUT2D eigenvalue weighted by atomic mass is 9.82. The van der Waals surface area contributed by atoms with Crippen molar-refractivity contribution < 1.29 is 0 Å². The summed E-state index contributed by atoms with van der Waals surface area (Å²) in [5, 5.41) is 1.36. The summed E-state index contributed by atoms with van der Waals surface area (Å²) >= 11 is 0. The van der Waals surface area contributed by atoms with Gasteiger partial charge in [-0.2, -0.15) is 0 Å². The van der Waals surface area contributed by atoms with E-state index in [0.717, 1.165) is 11.2 Å². The topological polar surface area (TPSA) is 12.9 Å². The van der Waals surface area contributed by atoms with E-state index in [1.807, 2.05) is 0 Å². The molecule has 0 radical (unpaired) electrons. The summed E-state index contributed by atoms with van der Waals surface area (Å²) in [6.45, 7) is 2.18. The molecular formula is C22H23N. The maximum Gasteiger partial charge on any atom is 0.0712 e. The van der Waals surface area contributed by atoms with E-state index in [0.29, 0.717) is 5.92 Å². The molecule has 0 aliphatic heterocycles. The molecule has 1 aliphatic rings. The molecular weight excluding hydrogens is 278 g/mol. The zero-order chi connectivity index (χ0) is 15.6. The van der Waals surface area contributed by atoms with Gasteiger partial charge in [-0.25, -0.2) is 4.98 Å². The normalized spacial score (nSPS) is 15.9. The summed E-state index contributed by atoms with van der Waals surface area (Å²) in [6, 6.07) is 19.6. The molecule has 4 rings (SSSR count). The Hall–Kier alpha value is -2.15. The van der Waals surface area contributed by atoms with Crippen LogP contribution in [0.3, 0.4) is 0 Å². The van der Waals surface area contributed by atoms with Gasteiger partial charge in [0.05, 0.1) is 11.2 Å². The lowest BCUT2D eigenvalue weighted by Gasteiger charge is -2.24. The van der Waals surface area contributed by atoms with E-state index >= 15 is 0 Å². The Morgan fingerprint density at radius 2 is 1.65 bits per heavy atom. The van der Waals surface area contributed by atoms with Gasteiger partial charge in [0, 0.05) is 10.9 Å². The molecule has 0 spiro atoms. The average Bonchev–Trinajstić information content (AvgIpc) is 2.62. The highest BCUT2D eigenvalue weighted by Gasteiger charge is 2.19. The van der Waals surface area contributed by atoms with Crippen molar-refractivity contribution in [3.8, 4) is 11.3 Å². The lowest BCUT2D eigenvalue weighted by Crippen LogP contribution is -2.06. The number of aryl methyl sites for hydroxylation is 1. The average molecular weight is 301 g/mol. The molecule has 1 heteroatoms. The summed E-state index contributed by atoms with van der Waals surface area (Å²) in [4.78, 5) is 4.94. The number of hydrogen-bond acceptors (Lipinski definition) is 1. The molecule has 0 N–H and O–H groups in total. The number of rotatable bonds is 2. The first-order chi connectivity index (χ1) is 11.3. The Kier molecular flexibility index (Phi) is 3.87. The Labute approximate surface area is 138 Å². The molecule has 23 heavy (non-hydrogen) atoms. The number of pyridine rings is 1. The number of nitrogens with zero attached hydrogens (tertiary/aromatic N) is 1. The van der Waals surface area contributed by atoms with E-state index < -0.39 is 0 Å². The van der Waals surface area contributed by atoms with E-state index in [9.17, 15) is 0 Å². The second-order valence-corrected chi connectivity index (χ2v) is 6.82. The highest BCUT2D eigenvalue weighted by atomic mass is 14.7. The predicted molar refractivity (Wildman–Crippen MR) is 97.7 cm³/mol. The molecule has 0 unspecified atom stereocenters. The fourth-order valence-electron chi connectivity index (χ4n) is 3.87. The third-order valence-corrected chi connectivity index (χ3v) is 5.11. The van der Waals surface area contributed by atoms with Crippen molar-refractivity contribution in [2.75, 3.05) is 0 Å². The zero-order valence-electron chi connectivity index (χ0n) is 13.8. The van der Waals surface area contributed by atoms with Crippen LogP contribution in [0.15, 0.2) is 54.6 Å². The smallest absolute Gasteiger partial charge is 0.0712 e. The zero-order valence-corrected chi connectivity index (χ0v) is 13.8. The monoisotopic (exact) mass is 301 g/mol. The summed E-state index contributed by atoms with van der Waals surface area (Å²) in [5.74, 6) is 0.693. The van der Waals surface area contributed by atoms with Gasteiger partial charge in [0.15, 0.2) is 0 Å². The summed E-state index contributed by atoms with van der Waals surface area (Å²) < 4.78 is 0. The van der Waals surface area contributed by atoms with Crippen LogP contribution >= 0.6 is 0 Å². The largest absolute Gasteiger partial charge is 0.248 e. The third kappa shape index (κ3) is 2.88. The highest BCUT2D eigenvalue weighted by Crippen LogP contribution is 2.38. The quantitative estimate of drug-likeness (QED) is 0.544. The van der Waals surface area contributed by atoms with Gasteiger partial charge in [-0.3, -0.25) is 0 Å². The number of aromatic nitrogens is 1. The first kappa shape index (κ1) is 14.4. The van der Waals surface area contributed by atoms with Gasteiger partial charge in [-0.05, 0) is 49.4 Å². The third-order valence-electron chi connectivity index (χ3n) is 5.11. The Bertz CT molecular complexity index is 814. The number of fused-ring (bicyclic) bond motifs is 1. The van der Waals surface area contributed by atoms with E-state index in [1.165, 1.54) is 54.2 Å². The number of hydrogen-bond donors (Lipinski definition) is 0. The fourth-order valence-corrected chi connectivity index (χ4v) is 3.87. The van der Waals surface area contributed by atoms with Gasteiger partial charge < -0.3 is 0 Å². The minimum absolute atomic E-state index is 0.693. The minimum atomic E-state index is 0.693. The molecule has 1 aromatic heterocycles. The van der Waals surface area contributed by atoms with Crippen LogP contribution in [0, 0.1) is 6.92 Å². The van der Waals surface area contributed by atoms with Crippen LogP contribution in [0.1, 0.15) is 49.1 Å². The van der Waals surface area contributed by atoms with Crippen LogP contribution in [0.5, 0.6) is 0 Å². The van der Waals surface area contributed by atoms with Crippen molar-refractivity contribution >= 4 is 10.9 Å². The second kappa shape index (κ2) is 6.16. The molecule has 116 valence electrons. The van der Waals surface area contributed by atoms with Gasteiger partial charge in [0.1, 0.15) is 0 Å². The predicted octanol–water partition coefficient (Wildman–Crippen LogP) is 6.26. The Morgan fingerprint density at radius 1 is 0.870 bits per heavy atom. The van der Waals surface area contributed by atoms with E-state index in [1.54, 1.807) is 0 Å². The van der Waals surface area contributed by atoms with Crippen LogP contribution in [0.2, 0.25) is 0 Å². The maximum absolute atomic E-state index is 4.94. The summed E-state index contributed by atoms with van der Waals surface area (Å²) in [5.41, 5.74) is 6.30. The molecule has 1 fully saturated rings. The minimum Gasteiger partial charge on any atom is -0.248 e. The van der Waals surface area contributed by atoms with Crippen LogP contribution in [0.4, 0.5) is 0 Å². The fraction of sp³-hybridized carbons (Fsp3) is 0.318. The number of benzene rings is 2.